The molecule has 0 radical (unpaired) electrons. The van der Waals surface area contributed by atoms with Crippen molar-refractivity contribution < 1.29 is 19.3 Å². The number of benzene rings is 1. The van der Waals surface area contributed by atoms with E-state index in [1.165, 1.54) is 0 Å². The van der Waals surface area contributed by atoms with Crippen LogP contribution in [0.15, 0.2) is 18.2 Å². The Morgan fingerprint density at radius 1 is 1.17 bits per heavy atom. The van der Waals surface area contributed by atoms with Crippen LogP contribution in [-0.2, 0) is 4.74 Å². The molecule has 2 aliphatic rings. The van der Waals surface area contributed by atoms with Crippen molar-refractivity contribution in [2.45, 2.75) is 32.9 Å². The third kappa shape index (κ3) is 6.90. The zero-order valence-electron chi connectivity index (χ0n) is 18.1. The van der Waals surface area contributed by atoms with Crippen LogP contribution in [0.3, 0.4) is 0 Å². The van der Waals surface area contributed by atoms with Gasteiger partial charge in [0.25, 0.3) is 0 Å². The van der Waals surface area contributed by atoms with E-state index in [9.17, 15) is 5.11 Å². The number of ether oxygens (including phenoxy) is 3. The molecule has 6 nitrogen and oxygen atoms in total. The van der Waals surface area contributed by atoms with Crippen LogP contribution in [-0.4, -0.2) is 86.7 Å². The predicted molar refractivity (Wildman–Crippen MR) is 113 cm³/mol. The molecule has 0 amide bonds. The van der Waals surface area contributed by atoms with Gasteiger partial charge in [-0.15, -0.1) is 0 Å². The highest BCUT2D eigenvalue weighted by Crippen LogP contribution is 2.23. The van der Waals surface area contributed by atoms with Crippen molar-refractivity contribution in [1.82, 2.24) is 9.80 Å². The molecule has 2 fully saturated rings. The molecule has 1 aromatic carbocycles. The molecule has 2 saturated heterocycles. The fourth-order valence-electron chi connectivity index (χ4n) is 3.51. The smallest absolute Gasteiger partial charge is 0.124 e. The van der Waals surface area contributed by atoms with E-state index in [0.29, 0.717) is 24.1 Å². The van der Waals surface area contributed by atoms with Gasteiger partial charge in [0, 0.05) is 55.8 Å². The standard InChI is InChI=1S/C23H34N2O4/c1-23(2,3)6-5-18-11-21(27-4)13-22(12-18)29-17-20(26)16-24-14-19(15-24)25-7-9-28-10-8-25/h11-13,19-20,26H,7-10,14-17H2,1-4H3. The Kier molecular flexibility index (Phi) is 7.42. The van der Waals surface area contributed by atoms with Crippen molar-refractivity contribution >= 4 is 0 Å². The van der Waals surface area contributed by atoms with Crippen LogP contribution >= 0.6 is 0 Å². The molecule has 1 aromatic rings. The first-order chi connectivity index (χ1) is 13.8. The van der Waals surface area contributed by atoms with E-state index in [1.807, 2.05) is 18.2 Å². The number of hydrogen-bond donors (Lipinski definition) is 1. The van der Waals surface area contributed by atoms with Crippen LogP contribution in [0, 0.1) is 17.3 Å². The number of methoxy groups -OCH3 is 1. The molecule has 29 heavy (non-hydrogen) atoms. The highest BCUT2D eigenvalue weighted by atomic mass is 16.5. The molecule has 160 valence electrons. The van der Waals surface area contributed by atoms with Gasteiger partial charge in [-0.2, -0.15) is 0 Å². The molecule has 0 aromatic heterocycles. The lowest BCUT2D eigenvalue weighted by Gasteiger charge is -2.47. The second kappa shape index (κ2) is 9.82. The summed E-state index contributed by atoms with van der Waals surface area (Å²) in [5.41, 5.74) is 0.774. The Morgan fingerprint density at radius 3 is 2.52 bits per heavy atom. The first-order valence-electron chi connectivity index (χ1n) is 10.4. The average Bonchev–Trinajstić information content (AvgIpc) is 2.67. The summed E-state index contributed by atoms with van der Waals surface area (Å²) in [6, 6.07) is 6.21. The van der Waals surface area contributed by atoms with Crippen molar-refractivity contribution in [2.24, 2.45) is 5.41 Å². The first kappa shape index (κ1) is 21.9. The minimum atomic E-state index is -0.532. The van der Waals surface area contributed by atoms with E-state index < -0.39 is 6.10 Å². The van der Waals surface area contributed by atoms with Gasteiger partial charge in [0.15, 0.2) is 0 Å². The van der Waals surface area contributed by atoms with Crippen molar-refractivity contribution in [3.05, 3.63) is 23.8 Å². The van der Waals surface area contributed by atoms with Gasteiger partial charge >= 0.3 is 0 Å². The van der Waals surface area contributed by atoms with E-state index in [1.54, 1.807) is 7.11 Å². The second-order valence-corrected chi connectivity index (χ2v) is 8.88. The molecular weight excluding hydrogens is 368 g/mol. The number of aliphatic hydroxyl groups is 1. The van der Waals surface area contributed by atoms with Gasteiger partial charge in [0.05, 0.1) is 20.3 Å². The number of nitrogens with zero attached hydrogens (tertiary/aromatic N) is 2. The second-order valence-electron chi connectivity index (χ2n) is 8.88. The van der Waals surface area contributed by atoms with Crippen LogP contribution in [0.25, 0.3) is 0 Å². The van der Waals surface area contributed by atoms with Gasteiger partial charge in [-0.05, 0) is 32.9 Å². The van der Waals surface area contributed by atoms with Crippen LogP contribution < -0.4 is 9.47 Å². The van der Waals surface area contributed by atoms with Crippen molar-refractivity contribution in [3.8, 4) is 23.3 Å². The lowest BCUT2D eigenvalue weighted by atomic mass is 9.97. The van der Waals surface area contributed by atoms with Gasteiger partial charge in [0.1, 0.15) is 24.2 Å². The summed E-state index contributed by atoms with van der Waals surface area (Å²) in [6.07, 6.45) is -0.532. The third-order valence-electron chi connectivity index (χ3n) is 5.11. The summed E-state index contributed by atoms with van der Waals surface area (Å²) in [5.74, 6) is 7.77. The van der Waals surface area contributed by atoms with E-state index >= 15 is 0 Å². The summed E-state index contributed by atoms with van der Waals surface area (Å²) in [4.78, 5) is 4.76. The molecule has 2 heterocycles. The zero-order chi connectivity index (χ0) is 20.9. The lowest BCUT2D eigenvalue weighted by Crippen LogP contribution is -2.62. The van der Waals surface area contributed by atoms with Crippen molar-refractivity contribution in [2.75, 3.05) is 59.7 Å². The van der Waals surface area contributed by atoms with Gasteiger partial charge < -0.3 is 19.3 Å². The molecule has 6 heteroatoms. The number of morpholine rings is 1. The minimum absolute atomic E-state index is 0.0728. The molecule has 1 atom stereocenters. The quantitative estimate of drug-likeness (QED) is 0.703. The van der Waals surface area contributed by atoms with E-state index in [-0.39, 0.29) is 12.0 Å². The number of aliphatic hydroxyl groups excluding tert-OH is 1. The maximum absolute atomic E-state index is 10.4. The normalized spacial score (nSPS) is 19.8. The Labute approximate surface area is 174 Å². The van der Waals surface area contributed by atoms with Crippen LogP contribution in [0.4, 0.5) is 0 Å². The summed E-state index contributed by atoms with van der Waals surface area (Å²) >= 11 is 0. The number of rotatable bonds is 7. The largest absolute Gasteiger partial charge is 0.497 e. The Bertz CT molecular complexity index is 723. The van der Waals surface area contributed by atoms with E-state index in [2.05, 4.69) is 42.4 Å². The summed E-state index contributed by atoms with van der Waals surface area (Å²) in [5, 5.41) is 10.4. The molecule has 0 spiro atoms. The van der Waals surface area contributed by atoms with E-state index in [0.717, 1.165) is 45.0 Å². The monoisotopic (exact) mass is 402 g/mol. The SMILES string of the molecule is COc1cc(C#CC(C)(C)C)cc(OCC(O)CN2CC(N3CCOCC3)C2)c1. The summed E-state index contributed by atoms with van der Waals surface area (Å²) in [7, 11) is 1.63. The highest BCUT2D eigenvalue weighted by Gasteiger charge is 2.33. The first-order valence-corrected chi connectivity index (χ1v) is 10.4. The van der Waals surface area contributed by atoms with Crippen molar-refractivity contribution in [3.63, 3.8) is 0 Å². The number of likely N-dealkylation sites (tertiary alicyclic amines) is 1. The Balaban J connectivity index is 1.47. The van der Waals surface area contributed by atoms with Crippen LogP contribution in [0.1, 0.15) is 26.3 Å². The topological polar surface area (TPSA) is 54.4 Å². The fraction of sp³-hybridized carbons (Fsp3) is 0.652. The maximum Gasteiger partial charge on any atom is 0.124 e. The molecule has 0 saturated carbocycles. The molecule has 0 aliphatic carbocycles. The van der Waals surface area contributed by atoms with Gasteiger partial charge in [-0.1, -0.05) is 11.8 Å². The molecular formula is C23H34N2O4. The summed E-state index contributed by atoms with van der Waals surface area (Å²) < 4.78 is 16.6. The predicted octanol–water partition coefficient (Wildman–Crippen LogP) is 1.85. The molecule has 2 aliphatic heterocycles. The molecule has 3 rings (SSSR count). The van der Waals surface area contributed by atoms with Gasteiger partial charge in [-0.25, -0.2) is 0 Å². The number of hydrogen-bond acceptors (Lipinski definition) is 6. The average molecular weight is 403 g/mol. The lowest BCUT2D eigenvalue weighted by molar-refractivity contribution is -0.0461. The third-order valence-corrected chi connectivity index (χ3v) is 5.11. The van der Waals surface area contributed by atoms with Gasteiger partial charge in [-0.3, -0.25) is 9.80 Å². The van der Waals surface area contributed by atoms with Gasteiger partial charge in [0.2, 0.25) is 0 Å². The highest BCUT2D eigenvalue weighted by molar-refractivity contribution is 5.46. The molecule has 0 bridgehead atoms. The molecule has 1 unspecified atom stereocenters. The Hall–Kier alpha value is -1.78. The maximum atomic E-state index is 10.4. The van der Waals surface area contributed by atoms with Crippen LogP contribution in [0.5, 0.6) is 11.5 Å². The minimum Gasteiger partial charge on any atom is -0.497 e. The number of β-amino-alcohol motifs (C(OH)–C–C–N with tert-alkyl or cyclic N) is 1. The van der Waals surface area contributed by atoms with Crippen molar-refractivity contribution in [1.29, 1.82) is 0 Å². The molecule has 1 N–H and O–H groups in total. The Morgan fingerprint density at radius 2 is 1.86 bits per heavy atom. The fourth-order valence-corrected chi connectivity index (χ4v) is 3.51. The van der Waals surface area contributed by atoms with Crippen LogP contribution in [0.2, 0.25) is 0 Å². The van der Waals surface area contributed by atoms with E-state index in [4.69, 9.17) is 14.2 Å². The summed E-state index contributed by atoms with van der Waals surface area (Å²) in [6.45, 7) is 12.8. The zero-order valence-corrected chi connectivity index (χ0v) is 18.1.